The summed E-state index contributed by atoms with van der Waals surface area (Å²) in [6.45, 7) is 6.13. The zero-order valence-corrected chi connectivity index (χ0v) is 21.1. The topological polar surface area (TPSA) is 81.5 Å². The molecule has 3 aromatic rings. The maximum Gasteiger partial charge on any atom is 0.243 e. The van der Waals surface area contributed by atoms with Crippen LogP contribution in [0.25, 0.3) is 11.0 Å². The minimum atomic E-state index is -3.60. The third kappa shape index (κ3) is 4.30. The quantitative estimate of drug-likeness (QED) is 0.362. The number of rotatable bonds is 7. The van der Waals surface area contributed by atoms with Crippen LogP contribution in [-0.4, -0.2) is 59.6 Å². The van der Waals surface area contributed by atoms with E-state index in [1.807, 2.05) is 36.6 Å². The van der Waals surface area contributed by atoms with Gasteiger partial charge < -0.3 is 9.30 Å². The van der Waals surface area contributed by atoms with Crippen molar-refractivity contribution in [3.05, 3.63) is 53.1 Å². The molecular formula is C25H29N3O4S2. The highest BCUT2D eigenvalue weighted by Crippen LogP contribution is 2.31. The lowest BCUT2D eigenvalue weighted by molar-refractivity contribution is 0.0730. The number of carbonyl (C=O) groups excluding carboxylic acids is 1. The summed E-state index contributed by atoms with van der Waals surface area (Å²) in [4.78, 5) is 18.2. The second-order valence-corrected chi connectivity index (χ2v) is 12.0. The van der Waals surface area contributed by atoms with E-state index in [0.717, 1.165) is 35.5 Å². The molecule has 0 bridgehead atoms. The second kappa shape index (κ2) is 9.45. The van der Waals surface area contributed by atoms with Crippen LogP contribution in [0.1, 0.15) is 41.8 Å². The van der Waals surface area contributed by atoms with Gasteiger partial charge in [0, 0.05) is 25.2 Å². The molecule has 0 spiro atoms. The molecule has 180 valence electrons. The van der Waals surface area contributed by atoms with Gasteiger partial charge in [0.05, 0.1) is 34.4 Å². The molecular weight excluding hydrogens is 470 g/mol. The molecule has 1 atom stereocenters. The Morgan fingerprint density at radius 3 is 2.65 bits per heavy atom. The monoisotopic (exact) mass is 499 g/mol. The summed E-state index contributed by atoms with van der Waals surface area (Å²) in [6, 6.07) is 11.2. The van der Waals surface area contributed by atoms with E-state index in [-0.39, 0.29) is 15.9 Å². The average Bonchev–Trinajstić information content (AvgIpc) is 3.46. The molecule has 34 heavy (non-hydrogen) atoms. The van der Waals surface area contributed by atoms with E-state index in [1.54, 1.807) is 12.1 Å². The van der Waals surface area contributed by atoms with Crippen LogP contribution in [0.3, 0.4) is 0 Å². The highest BCUT2D eigenvalue weighted by Gasteiger charge is 2.28. The number of aromatic nitrogens is 2. The van der Waals surface area contributed by atoms with Gasteiger partial charge in [0.2, 0.25) is 10.0 Å². The number of thioether (sulfide) groups is 1. The molecule has 1 aliphatic carbocycles. The predicted octanol–water partition coefficient (Wildman–Crippen LogP) is 3.93. The van der Waals surface area contributed by atoms with Gasteiger partial charge in [-0.25, -0.2) is 13.4 Å². The molecule has 0 unspecified atom stereocenters. The van der Waals surface area contributed by atoms with E-state index in [4.69, 9.17) is 9.72 Å². The third-order valence-corrected chi connectivity index (χ3v) is 9.63. The third-order valence-electron chi connectivity index (χ3n) is 6.64. The van der Waals surface area contributed by atoms with E-state index in [2.05, 4.69) is 6.07 Å². The standard InChI is InChI=1S/C25H29N3O4S2/c1-3-28-23-10-9-21(34(30,31)27-11-13-32-14-12-27)16-22(23)26-25(28)33-17(2)24(29)20-8-7-18-5-4-6-19(18)15-20/h7-10,15-17H,3-6,11-14H2,1-2H3/t17-/m1/s1. The number of imidazole rings is 1. The number of sulfonamides is 1. The van der Waals surface area contributed by atoms with E-state index in [1.165, 1.54) is 27.2 Å². The van der Waals surface area contributed by atoms with Crippen LogP contribution in [0.5, 0.6) is 0 Å². The van der Waals surface area contributed by atoms with Crippen molar-refractivity contribution >= 4 is 38.6 Å². The smallest absolute Gasteiger partial charge is 0.243 e. The summed E-state index contributed by atoms with van der Waals surface area (Å²) >= 11 is 1.42. The van der Waals surface area contributed by atoms with Gasteiger partial charge in [0.15, 0.2) is 10.9 Å². The van der Waals surface area contributed by atoms with Crippen molar-refractivity contribution in [2.45, 2.75) is 55.0 Å². The van der Waals surface area contributed by atoms with Gasteiger partial charge in [-0.2, -0.15) is 4.31 Å². The number of carbonyl (C=O) groups is 1. The molecule has 1 aliphatic heterocycles. The summed E-state index contributed by atoms with van der Waals surface area (Å²) in [7, 11) is -3.60. The highest BCUT2D eigenvalue weighted by atomic mass is 32.2. The Kier molecular flexibility index (Phi) is 6.54. The summed E-state index contributed by atoms with van der Waals surface area (Å²) < 4.78 is 35.0. The zero-order valence-electron chi connectivity index (χ0n) is 19.5. The fraction of sp³-hybridized carbons (Fsp3) is 0.440. The predicted molar refractivity (Wildman–Crippen MR) is 133 cm³/mol. The first-order chi connectivity index (χ1) is 16.4. The average molecular weight is 500 g/mol. The number of hydrogen-bond acceptors (Lipinski definition) is 6. The lowest BCUT2D eigenvalue weighted by Gasteiger charge is -2.26. The molecule has 2 aromatic carbocycles. The Morgan fingerprint density at radius 2 is 1.88 bits per heavy atom. The normalized spacial score (nSPS) is 17.7. The van der Waals surface area contributed by atoms with Crippen LogP contribution in [-0.2, 0) is 34.1 Å². The van der Waals surface area contributed by atoms with Crippen molar-refractivity contribution in [3.63, 3.8) is 0 Å². The molecule has 0 saturated carbocycles. The molecule has 1 fully saturated rings. The van der Waals surface area contributed by atoms with Crippen molar-refractivity contribution < 1.29 is 17.9 Å². The Hall–Kier alpha value is -2.20. The second-order valence-electron chi connectivity index (χ2n) is 8.77. The fourth-order valence-corrected chi connectivity index (χ4v) is 7.24. The van der Waals surface area contributed by atoms with Gasteiger partial charge in [-0.3, -0.25) is 4.79 Å². The van der Waals surface area contributed by atoms with E-state index in [9.17, 15) is 13.2 Å². The van der Waals surface area contributed by atoms with Gasteiger partial charge in [0.1, 0.15) is 0 Å². The van der Waals surface area contributed by atoms with Gasteiger partial charge in [-0.15, -0.1) is 0 Å². The molecule has 2 heterocycles. The Balaban J connectivity index is 1.41. The van der Waals surface area contributed by atoms with Gasteiger partial charge in [-0.05, 0) is 68.5 Å². The van der Waals surface area contributed by atoms with Crippen LogP contribution < -0.4 is 0 Å². The van der Waals surface area contributed by atoms with Gasteiger partial charge in [0.25, 0.3) is 0 Å². The summed E-state index contributed by atoms with van der Waals surface area (Å²) in [5.74, 6) is 0.0880. The van der Waals surface area contributed by atoms with Crippen molar-refractivity contribution in [1.29, 1.82) is 0 Å². The minimum absolute atomic E-state index is 0.0880. The molecule has 0 N–H and O–H groups in total. The summed E-state index contributed by atoms with van der Waals surface area (Å²) in [5.41, 5.74) is 4.88. The van der Waals surface area contributed by atoms with Crippen LogP contribution >= 0.6 is 11.8 Å². The number of ether oxygens (including phenoxy) is 1. The van der Waals surface area contributed by atoms with Crippen molar-refractivity contribution in [2.75, 3.05) is 26.3 Å². The molecule has 1 aromatic heterocycles. The molecule has 1 saturated heterocycles. The molecule has 7 nitrogen and oxygen atoms in total. The fourth-order valence-electron chi connectivity index (χ4n) is 4.75. The van der Waals surface area contributed by atoms with Crippen LogP contribution in [0.15, 0.2) is 46.5 Å². The highest BCUT2D eigenvalue weighted by molar-refractivity contribution is 8.00. The number of Topliss-reactive ketones (excluding diaryl/α,β-unsaturated/α-hetero) is 1. The number of morpholine rings is 1. The maximum absolute atomic E-state index is 13.2. The maximum atomic E-state index is 13.2. The first-order valence-corrected chi connectivity index (χ1v) is 14.1. The minimum Gasteiger partial charge on any atom is -0.379 e. The Morgan fingerprint density at radius 1 is 1.12 bits per heavy atom. The summed E-state index contributed by atoms with van der Waals surface area (Å²) in [5, 5.41) is 0.415. The number of aryl methyl sites for hydroxylation is 3. The van der Waals surface area contributed by atoms with Crippen molar-refractivity contribution in [1.82, 2.24) is 13.9 Å². The molecule has 0 amide bonds. The molecule has 5 rings (SSSR count). The SMILES string of the molecule is CCn1c(S[C@H](C)C(=O)c2ccc3c(c2)CCC3)nc2cc(S(=O)(=O)N3CCOCC3)ccc21. The number of benzene rings is 2. The van der Waals surface area contributed by atoms with Crippen molar-refractivity contribution in [3.8, 4) is 0 Å². The Bertz CT molecular complexity index is 1340. The lowest BCUT2D eigenvalue weighted by atomic mass is 10.0. The Labute approximate surface area is 204 Å². The first kappa shape index (κ1) is 23.5. The lowest BCUT2D eigenvalue weighted by Crippen LogP contribution is -2.40. The largest absolute Gasteiger partial charge is 0.379 e. The molecule has 9 heteroatoms. The number of fused-ring (bicyclic) bond motifs is 2. The van der Waals surface area contributed by atoms with Gasteiger partial charge >= 0.3 is 0 Å². The first-order valence-electron chi connectivity index (χ1n) is 11.8. The van der Waals surface area contributed by atoms with Gasteiger partial charge in [-0.1, -0.05) is 23.9 Å². The van der Waals surface area contributed by atoms with Crippen LogP contribution in [0, 0.1) is 0 Å². The zero-order chi connectivity index (χ0) is 23.9. The van der Waals surface area contributed by atoms with E-state index in [0.29, 0.717) is 38.4 Å². The summed E-state index contributed by atoms with van der Waals surface area (Å²) in [6.07, 6.45) is 3.29. The number of hydrogen-bond donors (Lipinski definition) is 0. The van der Waals surface area contributed by atoms with Crippen molar-refractivity contribution in [2.24, 2.45) is 0 Å². The molecule has 0 radical (unpaired) electrons. The van der Waals surface area contributed by atoms with Crippen LogP contribution in [0.2, 0.25) is 0 Å². The van der Waals surface area contributed by atoms with Crippen LogP contribution in [0.4, 0.5) is 0 Å². The van der Waals surface area contributed by atoms with E-state index < -0.39 is 10.0 Å². The molecule has 2 aliphatic rings. The van der Waals surface area contributed by atoms with E-state index >= 15 is 0 Å². The number of ketones is 1. The number of nitrogens with zero attached hydrogens (tertiary/aromatic N) is 3.